The lowest BCUT2D eigenvalue weighted by Gasteiger charge is -2.15. The van der Waals surface area contributed by atoms with E-state index in [0.29, 0.717) is 0 Å². The first-order chi connectivity index (χ1) is 19.9. The first-order valence-electron chi connectivity index (χ1n) is 13.5. The highest BCUT2D eigenvalue weighted by atomic mass is 31.1. The third-order valence-electron chi connectivity index (χ3n) is 6.89. The van der Waals surface area contributed by atoms with Gasteiger partial charge in [0.25, 0.3) is 0 Å². The minimum absolute atomic E-state index is 0.664. The van der Waals surface area contributed by atoms with Gasteiger partial charge in [0.1, 0.15) is 0 Å². The molecule has 0 nitrogen and oxygen atoms in total. The maximum absolute atomic E-state index is 2.49. The van der Waals surface area contributed by atoms with Crippen LogP contribution in [0.5, 0.6) is 0 Å². The molecular formula is C38H30P2. The zero-order chi connectivity index (χ0) is 27.0. The quantitative estimate of drug-likeness (QED) is 0.203. The van der Waals surface area contributed by atoms with Crippen LogP contribution in [-0.4, -0.2) is 0 Å². The molecule has 0 radical (unpaired) electrons. The Kier molecular flexibility index (Phi) is 8.40. The molecule has 0 fully saturated rings. The normalized spacial score (nSPS) is 13.2. The van der Waals surface area contributed by atoms with Crippen molar-refractivity contribution in [3.63, 3.8) is 0 Å². The van der Waals surface area contributed by atoms with Crippen molar-refractivity contribution in [1.82, 2.24) is 0 Å². The summed E-state index contributed by atoms with van der Waals surface area (Å²) in [7, 11) is -1.33. The van der Waals surface area contributed by atoms with E-state index in [1.54, 1.807) is 0 Å². The second-order valence-electron chi connectivity index (χ2n) is 9.51. The van der Waals surface area contributed by atoms with Gasteiger partial charge >= 0.3 is 0 Å². The van der Waals surface area contributed by atoms with Gasteiger partial charge in [0, 0.05) is 0 Å². The van der Waals surface area contributed by atoms with E-state index in [4.69, 9.17) is 0 Å². The highest BCUT2D eigenvalue weighted by Crippen LogP contribution is 2.36. The van der Waals surface area contributed by atoms with Gasteiger partial charge in [-0.25, -0.2) is 0 Å². The van der Waals surface area contributed by atoms with E-state index in [-0.39, 0.29) is 0 Å². The summed E-state index contributed by atoms with van der Waals surface area (Å²) in [5.41, 5.74) is 0. The number of benzene rings is 6. The Bertz CT molecular complexity index is 1660. The average molecular weight is 549 g/mol. The van der Waals surface area contributed by atoms with Crippen LogP contribution in [0, 0.1) is 10.4 Å². The van der Waals surface area contributed by atoms with Gasteiger partial charge in [0.15, 0.2) is 0 Å². The smallest absolute Gasteiger partial charge is 0.0105 e. The SMILES string of the molecule is C(=c1ccccc1=c1ccccc1=CP(c1ccccc1)c1ccccc1)P(c1ccccc1)c1ccccc1. The standard InChI is InChI=1S/C38H30P2/c1-5-19-33(20-6-1)39(34-21-7-2-8-22-34)29-31-17-13-15-27-37(31)38-28-16-14-18-32(38)30-40(35-23-9-3-10-24-35)36-25-11-4-12-26-36/h1-30H. The van der Waals surface area contributed by atoms with Crippen molar-refractivity contribution in [3.8, 4) is 0 Å². The molecule has 6 aromatic carbocycles. The molecule has 0 N–H and O–H groups in total. The van der Waals surface area contributed by atoms with Crippen LogP contribution < -0.4 is 31.7 Å². The largest absolute Gasteiger partial charge is 0.0622 e. The van der Waals surface area contributed by atoms with Crippen molar-refractivity contribution >= 4 is 48.7 Å². The summed E-state index contributed by atoms with van der Waals surface area (Å²) in [5, 5.41) is 10.5. The predicted molar refractivity (Wildman–Crippen MR) is 177 cm³/mol. The van der Waals surface area contributed by atoms with Crippen LogP contribution in [0.2, 0.25) is 0 Å². The van der Waals surface area contributed by atoms with Crippen molar-refractivity contribution < 1.29 is 0 Å². The summed E-state index contributed by atoms with van der Waals surface area (Å²) in [6.45, 7) is 0. The molecule has 0 aliphatic heterocycles. The molecule has 0 amide bonds. The number of hydrogen-bond donors (Lipinski definition) is 0. The van der Waals surface area contributed by atoms with Gasteiger partial charge < -0.3 is 0 Å². The molecule has 0 saturated carbocycles. The zero-order valence-electron chi connectivity index (χ0n) is 22.2. The summed E-state index contributed by atoms with van der Waals surface area (Å²) >= 11 is 0. The minimum Gasteiger partial charge on any atom is -0.0622 e. The van der Waals surface area contributed by atoms with Crippen molar-refractivity contribution in [2.24, 2.45) is 0 Å². The predicted octanol–water partition coefficient (Wildman–Crippen LogP) is 6.72. The molecule has 0 spiro atoms. The van der Waals surface area contributed by atoms with Gasteiger partial charge in [0.2, 0.25) is 0 Å². The highest BCUT2D eigenvalue weighted by molar-refractivity contribution is 7.80. The van der Waals surface area contributed by atoms with E-state index in [1.165, 1.54) is 42.1 Å². The Morgan fingerprint density at radius 2 is 0.525 bits per heavy atom. The first kappa shape index (κ1) is 26.2. The molecule has 192 valence electrons. The topological polar surface area (TPSA) is 0 Å². The molecule has 2 heteroatoms. The first-order valence-corrected chi connectivity index (χ1v) is 16.4. The Balaban J connectivity index is 1.62. The van der Waals surface area contributed by atoms with E-state index in [0.717, 1.165) is 0 Å². The van der Waals surface area contributed by atoms with Crippen molar-refractivity contribution in [2.45, 2.75) is 0 Å². The third-order valence-corrected chi connectivity index (χ3v) is 11.4. The Morgan fingerprint density at radius 3 is 0.825 bits per heavy atom. The van der Waals surface area contributed by atoms with Crippen molar-refractivity contribution in [1.29, 1.82) is 0 Å². The fraction of sp³-hybridized carbons (Fsp3) is 0. The van der Waals surface area contributed by atoms with Gasteiger partial charge in [-0.1, -0.05) is 170 Å². The van der Waals surface area contributed by atoms with Crippen molar-refractivity contribution in [3.05, 3.63) is 191 Å². The average Bonchev–Trinajstić information content (AvgIpc) is 3.04. The lowest BCUT2D eigenvalue weighted by molar-refractivity contribution is 1.41. The van der Waals surface area contributed by atoms with Gasteiger partial charge in [-0.2, -0.15) is 0 Å². The molecule has 0 aromatic heterocycles. The van der Waals surface area contributed by atoms with Crippen LogP contribution in [-0.2, 0) is 0 Å². The molecule has 0 aliphatic rings. The molecule has 0 saturated heterocycles. The molecule has 6 aromatic rings. The van der Waals surface area contributed by atoms with Crippen LogP contribution in [0.25, 0.3) is 11.6 Å². The second kappa shape index (κ2) is 12.8. The molecule has 40 heavy (non-hydrogen) atoms. The lowest BCUT2D eigenvalue weighted by Crippen LogP contribution is -2.15. The van der Waals surface area contributed by atoms with E-state index < -0.39 is 15.8 Å². The summed E-state index contributed by atoms with van der Waals surface area (Å²) in [6, 6.07) is 61.3. The monoisotopic (exact) mass is 548 g/mol. The molecule has 0 atom stereocenters. The lowest BCUT2D eigenvalue weighted by atomic mass is 10.1. The Labute approximate surface area is 238 Å². The van der Waals surface area contributed by atoms with Crippen LogP contribution >= 0.6 is 15.8 Å². The number of hydrogen-bond acceptors (Lipinski definition) is 0. The maximum Gasteiger partial charge on any atom is -0.0105 e. The van der Waals surface area contributed by atoms with Gasteiger partial charge in [0.05, 0.1) is 0 Å². The fourth-order valence-electron chi connectivity index (χ4n) is 4.94. The van der Waals surface area contributed by atoms with E-state index >= 15 is 0 Å². The van der Waals surface area contributed by atoms with Gasteiger partial charge in [-0.05, 0) is 69.6 Å². The summed E-state index contributed by atoms with van der Waals surface area (Å²) in [6.07, 6.45) is 0. The zero-order valence-corrected chi connectivity index (χ0v) is 24.0. The molecular weight excluding hydrogens is 518 g/mol. The van der Waals surface area contributed by atoms with E-state index in [2.05, 4.69) is 181 Å². The number of rotatable bonds is 6. The van der Waals surface area contributed by atoms with Gasteiger partial charge in [-0.3, -0.25) is 0 Å². The minimum atomic E-state index is -0.664. The summed E-state index contributed by atoms with van der Waals surface area (Å²) in [5.74, 6) is 4.98. The third kappa shape index (κ3) is 6.05. The van der Waals surface area contributed by atoms with Crippen LogP contribution in [0.15, 0.2) is 170 Å². The molecule has 0 heterocycles. The fourth-order valence-corrected chi connectivity index (χ4v) is 9.11. The highest BCUT2D eigenvalue weighted by Gasteiger charge is 2.12. The summed E-state index contributed by atoms with van der Waals surface area (Å²) in [4.78, 5) is 0. The molecule has 0 unspecified atom stereocenters. The van der Waals surface area contributed by atoms with E-state index in [9.17, 15) is 0 Å². The second-order valence-corrected chi connectivity index (χ2v) is 13.6. The van der Waals surface area contributed by atoms with E-state index in [1.807, 2.05) is 0 Å². The van der Waals surface area contributed by atoms with Gasteiger partial charge in [-0.15, -0.1) is 0 Å². The van der Waals surface area contributed by atoms with Crippen molar-refractivity contribution in [2.75, 3.05) is 0 Å². The maximum atomic E-state index is 2.49. The van der Waals surface area contributed by atoms with Crippen LogP contribution in [0.3, 0.4) is 0 Å². The molecule has 0 aliphatic carbocycles. The Morgan fingerprint density at radius 1 is 0.275 bits per heavy atom. The Hall–Kier alpha value is -4.08. The molecule has 0 bridgehead atoms. The van der Waals surface area contributed by atoms with Crippen LogP contribution in [0.4, 0.5) is 0 Å². The molecule has 6 rings (SSSR count). The summed E-state index contributed by atoms with van der Waals surface area (Å²) < 4.78 is 0. The van der Waals surface area contributed by atoms with Crippen LogP contribution in [0.1, 0.15) is 0 Å².